The second-order valence-electron chi connectivity index (χ2n) is 6.32. The van der Waals surface area contributed by atoms with E-state index >= 15 is 0 Å². The molecule has 5 nitrogen and oxygen atoms in total. The molecule has 0 aliphatic carbocycles. The van der Waals surface area contributed by atoms with Crippen molar-refractivity contribution in [1.82, 2.24) is 9.55 Å². The summed E-state index contributed by atoms with van der Waals surface area (Å²) in [6.45, 7) is 2.33. The molecule has 1 aromatic heterocycles. The van der Waals surface area contributed by atoms with Gasteiger partial charge in [-0.05, 0) is 37.0 Å². The molecule has 0 spiro atoms. The van der Waals surface area contributed by atoms with E-state index in [-0.39, 0.29) is 18.2 Å². The number of nitrogens with zero attached hydrogens (tertiary/aromatic N) is 2. The monoisotopic (exact) mass is 366 g/mol. The van der Waals surface area contributed by atoms with Gasteiger partial charge in [-0.15, -0.1) is 0 Å². The quantitative estimate of drug-likeness (QED) is 0.644. The number of hydrogen-bond acceptors (Lipinski definition) is 4. The van der Waals surface area contributed by atoms with Gasteiger partial charge >= 0.3 is 5.97 Å². The average Bonchev–Trinajstić information content (AvgIpc) is 3.12. The molecule has 27 heavy (non-hydrogen) atoms. The van der Waals surface area contributed by atoms with Gasteiger partial charge in [0.2, 0.25) is 0 Å². The van der Waals surface area contributed by atoms with E-state index in [2.05, 4.69) is 4.98 Å². The van der Waals surface area contributed by atoms with E-state index in [1.54, 1.807) is 19.3 Å². The Kier molecular flexibility index (Phi) is 4.62. The third-order valence-electron chi connectivity index (χ3n) is 4.60. The van der Waals surface area contributed by atoms with Crippen molar-refractivity contribution in [3.05, 3.63) is 77.1 Å². The van der Waals surface area contributed by atoms with Crippen LogP contribution in [-0.4, -0.2) is 22.1 Å². The number of halogens is 1. The van der Waals surface area contributed by atoms with Gasteiger partial charge in [0.25, 0.3) is 0 Å². The van der Waals surface area contributed by atoms with Crippen LogP contribution in [0.15, 0.2) is 48.8 Å². The van der Waals surface area contributed by atoms with Crippen LogP contribution in [0, 0.1) is 5.82 Å². The Morgan fingerprint density at radius 1 is 1.22 bits per heavy atom. The van der Waals surface area contributed by atoms with Gasteiger partial charge in [0.15, 0.2) is 17.3 Å². The summed E-state index contributed by atoms with van der Waals surface area (Å²) in [5, 5.41) is 0. The minimum absolute atomic E-state index is 0.178. The lowest BCUT2D eigenvalue weighted by atomic mass is 10.00. The molecule has 0 saturated carbocycles. The lowest BCUT2D eigenvalue weighted by Crippen LogP contribution is -2.16. The van der Waals surface area contributed by atoms with Crippen LogP contribution in [0.5, 0.6) is 5.75 Å². The molecular formula is C21H19FN2O3. The van der Waals surface area contributed by atoms with Crippen LogP contribution in [0.4, 0.5) is 4.39 Å². The minimum Gasteiger partial charge on any atom is -0.486 e. The van der Waals surface area contributed by atoms with Crippen LogP contribution in [0.25, 0.3) is 5.69 Å². The Morgan fingerprint density at radius 2 is 2.04 bits per heavy atom. The SMILES string of the molecule is CCOC(=O)c1ncn2c1CCc1cc(F)c(OCc3ccccc3)cc1-2. The van der Waals surface area contributed by atoms with Crippen LogP contribution in [0.2, 0.25) is 0 Å². The maximum atomic E-state index is 14.5. The highest BCUT2D eigenvalue weighted by Crippen LogP contribution is 2.32. The number of ether oxygens (including phenoxy) is 2. The Balaban J connectivity index is 1.65. The molecule has 0 unspecified atom stereocenters. The molecule has 4 rings (SSSR count). The first kappa shape index (κ1) is 17.3. The van der Waals surface area contributed by atoms with Gasteiger partial charge in [0.1, 0.15) is 12.9 Å². The van der Waals surface area contributed by atoms with Crippen molar-refractivity contribution in [3.8, 4) is 11.4 Å². The first-order valence-electron chi connectivity index (χ1n) is 8.90. The first-order chi connectivity index (χ1) is 13.2. The van der Waals surface area contributed by atoms with Crippen LogP contribution in [-0.2, 0) is 24.2 Å². The van der Waals surface area contributed by atoms with E-state index in [1.807, 2.05) is 34.9 Å². The summed E-state index contributed by atoms with van der Waals surface area (Å²) in [4.78, 5) is 16.3. The summed E-state index contributed by atoms with van der Waals surface area (Å²) in [5.41, 5.74) is 3.70. The summed E-state index contributed by atoms with van der Waals surface area (Å²) in [6.07, 6.45) is 2.81. The zero-order chi connectivity index (χ0) is 18.8. The third-order valence-corrected chi connectivity index (χ3v) is 4.60. The van der Waals surface area contributed by atoms with Crippen LogP contribution in [0.1, 0.15) is 34.2 Å². The van der Waals surface area contributed by atoms with Gasteiger partial charge in [0, 0.05) is 6.07 Å². The first-order valence-corrected chi connectivity index (χ1v) is 8.90. The van der Waals surface area contributed by atoms with Crippen molar-refractivity contribution in [1.29, 1.82) is 0 Å². The summed E-state index contributed by atoms with van der Waals surface area (Å²) in [6, 6.07) is 12.8. The van der Waals surface area contributed by atoms with Gasteiger partial charge in [-0.3, -0.25) is 0 Å². The molecule has 3 aromatic rings. The molecule has 138 valence electrons. The lowest BCUT2D eigenvalue weighted by Gasteiger charge is -2.21. The van der Waals surface area contributed by atoms with Gasteiger partial charge in [-0.25, -0.2) is 14.2 Å². The molecule has 2 aromatic carbocycles. The van der Waals surface area contributed by atoms with Gasteiger partial charge < -0.3 is 14.0 Å². The molecule has 2 heterocycles. The van der Waals surface area contributed by atoms with Crippen molar-refractivity contribution in [3.63, 3.8) is 0 Å². The highest BCUT2D eigenvalue weighted by Gasteiger charge is 2.25. The molecule has 0 amide bonds. The van der Waals surface area contributed by atoms with Gasteiger partial charge in [-0.1, -0.05) is 30.3 Å². The number of fused-ring (bicyclic) bond motifs is 3. The number of esters is 1. The molecule has 6 heteroatoms. The molecule has 0 N–H and O–H groups in total. The highest BCUT2D eigenvalue weighted by atomic mass is 19.1. The lowest BCUT2D eigenvalue weighted by molar-refractivity contribution is 0.0518. The summed E-state index contributed by atoms with van der Waals surface area (Å²) >= 11 is 0. The number of rotatable bonds is 5. The van der Waals surface area contributed by atoms with Crippen molar-refractivity contribution in [2.24, 2.45) is 0 Å². The Bertz CT molecular complexity index is 983. The van der Waals surface area contributed by atoms with Gasteiger partial charge in [0.05, 0.1) is 18.0 Å². The molecule has 0 fully saturated rings. The molecule has 0 atom stereocenters. The predicted molar refractivity (Wildman–Crippen MR) is 97.7 cm³/mol. The number of aryl methyl sites for hydroxylation is 1. The summed E-state index contributed by atoms with van der Waals surface area (Å²) < 4.78 is 27.1. The van der Waals surface area contributed by atoms with E-state index in [1.165, 1.54) is 6.07 Å². The zero-order valence-electron chi connectivity index (χ0n) is 14.9. The molecule has 0 bridgehead atoms. The van der Waals surface area contributed by atoms with Crippen LogP contribution < -0.4 is 4.74 Å². The minimum atomic E-state index is -0.433. The number of aromatic nitrogens is 2. The second-order valence-corrected chi connectivity index (χ2v) is 6.32. The highest BCUT2D eigenvalue weighted by molar-refractivity contribution is 5.89. The fourth-order valence-corrected chi connectivity index (χ4v) is 3.30. The van der Waals surface area contributed by atoms with Crippen molar-refractivity contribution < 1.29 is 18.7 Å². The van der Waals surface area contributed by atoms with Gasteiger partial charge in [-0.2, -0.15) is 0 Å². The number of benzene rings is 2. The zero-order valence-corrected chi connectivity index (χ0v) is 14.9. The maximum Gasteiger partial charge on any atom is 0.358 e. The van der Waals surface area contributed by atoms with Crippen molar-refractivity contribution in [2.45, 2.75) is 26.4 Å². The standard InChI is InChI=1S/C21H19FN2O3/c1-2-26-21(25)20-17-9-8-15-10-16(22)19(11-18(15)24(17)13-23-20)27-12-14-6-4-3-5-7-14/h3-7,10-11,13H,2,8-9,12H2,1H3. The number of imidazole rings is 1. The summed E-state index contributed by atoms with van der Waals surface area (Å²) in [7, 11) is 0. The van der Waals surface area contributed by atoms with Crippen LogP contribution >= 0.6 is 0 Å². The van der Waals surface area contributed by atoms with E-state index in [9.17, 15) is 9.18 Å². The molecule has 1 aliphatic rings. The van der Waals surface area contributed by atoms with Crippen LogP contribution in [0.3, 0.4) is 0 Å². The molecule has 0 radical (unpaired) electrons. The fourth-order valence-electron chi connectivity index (χ4n) is 3.30. The molecule has 1 aliphatic heterocycles. The van der Waals surface area contributed by atoms with E-state index in [4.69, 9.17) is 9.47 Å². The largest absolute Gasteiger partial charge is 0.486 e. The topological polar surface area (TPSA) is 53.3 Å². The number of hydrogen-bond donors (Lipinski definition) is 0. The fraction of sp³-hybridized carbons (Fsp3) is 0.238. The van der Waals surface area contributed by atoms with E-state index < -0.39 is 5.97 Å². The van der Waals surface area contributed by atoms with E-state index in [0.29, 0.717) is 25.1 Å². The maximum absolute atomic E-state index is 14.5. The second kappa shape index (κ2) is 7.23. The Morgan fingerprint density at radius 3 is 2.81 bits per heavy atom. The normalized spacial score (nSPS) is 12.2. The van der Waals surface area contributed by atoms with E-state index in [0.717, 1.165) is 22.5 Å². The molecule has 0 saturated heterocycles. The average molecular weight is 366 g/mol. The third kappa shape index (κ3) is 3.30. The predicted octanol–water partition coefficient (Wildman–Crippen LogP) is 3.87. The number of carbonyl (C=O) groups is 1. The van der Waals surface area contributed by atoms with Crippen molar-refractivity contribution >= 4 is 5.97 Å². The Labute approximate surface area is 156 Å². The summed E-state index contributed by atoms with van der Waals surface area (Å²) in [5.74, 6) is -0.645. The van der Waals surface area contributed by atoms with Crippen molar-refractivity contribution in [2.75, 3.05) is 6.61 Å². The smallest absolute Gasteiger partial charge is 0.358 e. The number of carbonyl (C=O) groups excluding carboxylic acids is 1. The Hall–Kier alpha value is -3.15. The molecular weight excluding hydrogens is 347 g/mol.